The molecule has 1 aromatic carbocycles. The van der Waals surface area contributed by atoms with Gasteiger partial charge in [-0.3, -0.25) is 0 Å². The molecule has 0 amide bonds. The number of ether oxygens (including phenoxy) is 1. The van der Waals surface area contributed by atoms with Crippen molar-refractivity contribution < 1.29 is 14.9 Å². The fourth-order valence-corrected chi connectivity index (χ4v) is 2.72. The molecular formula is C16H27NO3. The Bertz CT molecular complexity index is 403. The third-order valence-electron chi connectivity index (χ3n) is 3.71. The van der Waals surface area contributed by atoms with Crippen molar-refractivity contribution in [1.82, 2.24) is 0 Å². The van der Waals surface area contributed by atoms with Crippen molar-refractivity contribution >= 4 is 5.69 Å². The number of benzene rings is 1. The highest BCUT2D eigenvalue weighted by Crippen LogP contribution is 2.36. The van der Waals surface area contributed by atoms with Crippen LogP contribution in [-0.2, 0) is 0 Å². The van der Waals surface area contributed by atoms with Crippen LogP contribution in [0, 0.1) is 0 Å². The minimum atomic E-state index is -0.614. The molecule has 2 N–H and O–H groups in total. The Hall–Kier alpha value is -1.26. The summed E-state index contributed by atoms with van der Waals surface area (Å²) in [6.45, 7) is 6.67. The molecule has 1 aromatic rings. The van der Waals surface area contributed by atoms with Crippen LogP contribution in [0.3, 0.4) is 0 Å². The van der Waals surface area contributed by atoms with Gasteiger partial charge in [0.05, 0.1) is 19.8 Å². The van der Waals surface area contributed by atoms with Crippen molar-refractivity contribution in [3.63, 3.8) is 0 Å². The maximum absolute atomic E-state index is 10.1. The number of aliphatic hydroxyl groups excluding tert-OH is 2. The zero-order chi connectivity index (χ0) is 15.1. The second kappa shape index (κ2) is 8.12. The number of anilines is 1. The summed E-state index contributed by atoms with van der Waals surface area (Å²) in [5.74, 6) is 0.686. The van der Waals surface area contributed by atoms with Crippen molar-refractivity contribution in [2.75, 3.05) is 25.2 Å². The minimum Gasteiger partial charge on any atom is -0.496 e. The van der Waals surface area contributed by atoms with E-state index in [-0.39, 0.29) is 6.61 Å². The van der Waals surface area contributed by atoms with E-state index in [1.54, 1.807) is 14.0 Å². The Morgan fingerprint density at radius 2 is 1.90 bits per heavy atom. The first-order chi connectivity index (χ1) is 9.60. The fourth-order valence-electron chi connectivity index (χ4n) is 2.72. The van der Waals surface area contributed by atoms with Crippen LogP contribution >= 0.6 is 0 Å². The quantitative estimate of drug-likeness (QED) is 0.769. The van der Waals surface area contributed by atoms with Crippen molar-refractivity contribution in [3.8, 4) is 5.75 Å². The van der Waals surface area contributed by atoms with Crippen LogP contribution in [0.1, 0.15) is 45.3 Å². The van der Waals surface area contributed by atoms with E-state index in [0.717, 1.165) is 24.1 Å². The molecule has 4 nitrogen and oxygen atoms in total. The summed E-state index contributed by atoms with van der Waals surface area (Å²) in [6.07, 6.45) is 1.37. The summed E-state index contributed by atoms with van der Waals surface area (Å²) >= 11 is 0. The van der Waals surface area contributed by atoms with Gasteiger partial charge in [-0.25, -0.2) is 0 Å². The van der Waals surface area contributed by atoms with E-state index in [2.05, 4.69) is 18.7 Å². The SMILES string of the molecule is CCC(CC)N(CCO)c1cccc(OC)c1[C@H](C)O. The van der Waals surface area contributed by atoms with Gasteiger partial charge in [-0.1, -0.05) is 19.9 Å². The first kappa shape index (κ1) is 16.8. The fraction of sp³-hybridized carbons (Fsp3) is 0.625. The molecule has 0 radical (unpaired) electrons. The molecular weight excluding hydrogens is 254 g/mol. The molecule has 0 aliphatic rings. The van der Waals surface area contributed by atoms with Crippen LogP contribution in [0.5, 0.6) is 5.75 Å². The van der Waals surface area contributed by atoms with Gasteiger partial charge in [0.1, 0.15) is 5.75 Å². The lowest BCUT2D eigenvalue weighted by atomic mass is 10.0. The second-order valence-corrected chi connectivity index (χ2v) is 4.96. The van der Waals surface area contributed by atoms with Gasteiger partial charge in [0.2, 0.25) is 0 Å². The average Bonchev–Trinajstić information content (AvgIpc) is 2.46. The highest BCUT2D eigenvalue weighted by Gasteiger charge is 2.22. The van der Waals surface area contributed by atoms with Gasteiger partial charge < -0.3 is 19.8 Å². The van der Waals surface area contributed by atoms with Gasteiger partial charge in [-0.05, 0) is 31.9 Å². The highest BCUT2D eigenvalue weighted by atomic mass is 16.5. The molecule has 1 rings (SSSR count). The summed E-state index contributed by atoms with van der Waals surface area (Å²) < 4.78 is 5.37. The lowest BCUT2D eigenvalue weighted by molar-refractivity contribution is 0.194. The molecule has 1 atom stereocenters. The molecule has 0 heterocycles. The molecule has 0 spiro atoms. The van der Waals surface area contributed by atoms with Crippen molar-refractivity contribution in [3.05, 3.63) is 23.8 Å². The summed E-state index contributed by atoms with van der Waals surface area (Å²) in [4.78, 5) is 2.17. The predicted molar refractivity (Wildman–Crippen MR) is 82.4 cm³/mol. The molecule has 20 heavy (non-hydrogen) atoms. The van der Waals surface area contributed by atoms with E-state index in [0.29, 0.717) is 18.3 Å². The number of nitrogens with zero attached hydrogens (tertiary/aromatic N) is 1. The summed E-state index contributed by atoms with van der Waals surface area (Å²) in [5.41, 5.74) is 1.73. The molecule has 114 valence electrons. The van der Waals surface area contributed by atoms with Gasteiger partial charge in [0, 0.05) is 23.8 Å². The van der Waals surface area contributed by atoms with Gasteiger partial charge >= 0.3 is 0 Å². The summed E-state index contributed by atoms with van der Waals surface area (Å²) in [6, 6.07) is 6.10. The zero-order valence-electron chi connectivity index (χ0n) is 13.0. The average molecular weight is 281 g/mol. The van der Waals surface area contributed by atoms with Crippen LogP contribution < -0.4 is 9.64 Å². The van der Waals surface area contributed by atoms with E-state index >= 15 is 0 Å². The third-order valence-corrected chi connectivity index (χ3v) is 3.71. The van der Waals surface area contributed by atoms with Crippen LogP contribution in [0.4, 0.5) is 5.69 Å². The standard InChI is InChI=1S/C16H27NO3/c1-5-13(6-2)17(10-11-18)14-8-7-9-15(20-4)16(14)12(3)19/h7-9,12-13,18-19H,5-6,10-11H2,1-4H3/t12-/m0/s1. The van der Waals surface area contributed by atoms with Crippen LogP contribution in [0.25, 0.3) is 0 Å². The van der Waals surface area contributed by atoms with Crippen LogP contribution in [0.2, 0.25) is 0 Å². The minimum absolute atomic E-state index is 0.0902. The molecule has 0 fully saturated rings. The summed E-state index contributed by atoms with van der Waals surface area (Å²) in [7, 11) is 1.61. The van der Waals surface area contributed by atoms with Crippen LogP contribution in [-0.4, -0.2) is 36.5 Å². The monoisotopic (exact) mass is 281 g/mol. The summed E-state index contributed by atoms with van der Waals surface area (Å²) in [5, 5.41) is 19.5. The number of hydrogen-bond donors (Lipinski definition) is 2. The first-order valence-corrected chi connectivity index (χ1v) is 7.33. The molecule has 0 unspecified atom stereocenters. The lowest BCUT2D eigenvalue weighted by Gasteiger charge is -2.34. The van der Waals surface area contributed by atoms with Crippen LogP contribution in [0.15, 0.2) is 18.2 Å². The Kier molecular flexibility index (Phi) is 6.82. The highest BCUT2D eigenvalue weighted by molar-refractivity contribution is 5.61. The Morgan fingerprint density at radius 3 is 2.35 bits per heavy atom. The maximum atomic E-state index is 10.1. The lowest BCUT2D eigenvalue weighted by Crippen LogP contribution is -2.37. The number of rotatable bonds is 8. The number of methoxy groups -OCH3 is 1. The molecule has 0 aliphatic carbocycles. The Morgan fingerprint density at radius 1 is 1.25 bits per heavy atom. The third kappa shape index (κ3) is 3.64. The molecule has 0 aromatic heterocycles. The Balaban J connectivity index is 3.31. The van der Waals surface area contributed by atoms with Gasteiger partial charge in [0.25, 0.3) is 0 Å². The number of hydrogen-bond acceptors (Lipinski definition) is 4. The van der Waals surface area contributed by atoms with Crippen molar-refractivity contribution in [2.24, 2.45) is 0 Å². The van der Waals surface area contributed by atoms with Gasteiger partial charge in [-0.15, -0.1) is 0 Å². The molecule has 0 aliphatic heterocycles. The van der Waals surface area contributed by atoms with Gasteiger partial charge in [-0.2, -0.15) is 0 Å². The topological polar surface area (TPSA) is 52.9 Å². The van der Waals surface area contributed by atoms with E-state index in [1.165, 1.54) is 0 Å². The van der Waals surface area contributed by atoms with E-state index in [4.69, 9.17) is 4.74 Å². The largest absolute Gasteiger partial charge is 0.496 e. The molecule has 4 heteroatoms. The normalized spacial score (nSPS) is 12.6. The van der Waals surface area contributed by atoms with E-state index in [1.807, 2.05) is 18.2 Å². The maximum Gasteiger partial charge on any atom is 0.126 e. The van der Waals surface area contributed by atoms with E-state index in [9.17, 15) is 10.2 Å². The Labute approximate surface area is 122 Å². The first-order valence-electron chi connectivity index (χ1n) is 7.33. The molecule has 0 saturated carbocycles. The second-order valence-electron chi connectivity index (χ2n) is 4.96. The van der Waals surface area contributed by atoms with E-state index < -0.39 is 6.10 Å². The predicted octanol–water partition coefficient (Wildman–Crippen LogP) is 2.74. The van der Waals surface area contributed by atoms with Crippen molar-refractivity contribution in [1.29, 1.82) is 0 Å². The van der Waals surface area contributed by atoms with Gasteiger partial charge in [0.15, 0.2) is 0 Å². The number of aliphatic hydroxyl groups is 2. The molecule has 0 bridgehead atoms. The molecule has 0 saturated heterocycles. The smallest absolute Gasteiger partial charge is 0.126 e. The van der Waals surface area contributed by atoms with Crippen molar-refractivity contribution in [2.45, 2.75) is 45.8 Å². The zero-order valence-corrected chi connectivity index (χ0v) is 13.0.